The van der Waals surface area contributed by atoms with Crippen molar-refractivity contribution < 1.29 is 14.3 Å². The minimum absolute atomic E-state index is 0.235. The van der Waals surface area contributed by atoms with E-state index in [9.17, 15) is 5.11 Å². The van der Waals surface area contributed by atoms with Crippen LogP contribution in [0.4, 0.5) is 0 Å². The van der Waals surface area contributed by atoms with Gasteiger partial charge in [0.25, 0.3) is 0 Å². The van der Waals surface area contributed by atoms with E-state index in [-0.39, 0.29) is 5.75 Å². The molecule has 0 fully saturated rings. The second-order valence-electron chi connectivity index (χ2n) is 6.67. The number of phenolic OH excluding ortho intramolecular Hbond substituents is 1. The van der Waals surface area contributed by atoms with Crippen LogP contribution in [0.25, 0.3) is 11.5 Å². The van der Waals surface area contributed by atoms with Crippen molar-refractivity contribution in [3.63, 3.8) is 0 Å². The van der Waals surface area contributed by atoms with Gasteiger partial charge < -0.3 is 14.3 Å². The third-order valence-corrected chi connectivity index (χ3v) is 4.89. The fourth-order valence-corrected chi connectivity index (χ4v) is 3.49. The number of ether oxygens (including phenoxy) is 1. The summed E-state index contributed by atoms with van der Waals surface area (Å²) < 4.78 is 11.9. The van der Waals surface area contributed by atoms with E-state index in [1.807, 2.05) is 12.1 Å². The molecule has 2 aromatic carbocycles. The van der Waals surface area contributed by atoms with E-state index in [1.165, 1.54) is 24.0 Å². The fourth-order valence-electron chi connectivity index (χ4n) is 3.49. The molecule has 1 aliphatic carbocycles. The van der Waals surface area contributed by atoms with Crippen LogP contribution in [-0.4, -0.2) is 16.7 Å². The van der Waals surface area contributed by atoms with Gasteiger partial charge in [0.05, 0.1) is 12.3 Å². The lowest BCUT2D eigenvalue weighted by atomic mass is 10.1. The van der Waals surface area contributed by atoms with Crippen LogP contribution in [-0.2, 0) is 25.7 Å². The monoisotopic (exact) mass is 349 g/mol. The van der Waals surface area contributed by atoms with Gasteiger partial charge >= 0.3 is 0 Å². The first-order chi connectivity index (χ1) is 12.7. The van der Waals surface area contributed by atoms with Crippen molar-refractivity contribution in [3.8, 4) is 23.0 Å². The lowest BCUT2D eigenvalue weighted by Crippen LogP contribution is -2.03. The summed E-state index contributed by atoms with van der Waals surface area (Å²) in [6, 6.07) is 13.3. The number of aryl methyl sites for hydroxylation is 3. The van der Waals surface area contributed by atoms with Gasteiger partial charge in [-0.1, -0.05) is 13.0 Å². The van der Waals surface area contributed by atoms with E-state index in [2.05, 4.69) is 30.1 Å². The summed E-state index contributed by atoms with van der Waals surface area (Å²) in [5, 5.41) is 9.42. The number of rotatable bonds is 6. The maximum Gasteiger partial charge on any atom is 0.226 e. The Hall–Kier alpha value is -2.75. The van der Waals surface area contributed by atoms with Gasteiger partial charge in [-0.3, -0.25) is 0 Å². The topological polar surface area (TPSA) is 55.5 Å². The predicted octanol–water partition coefficient (Wildman–Crippen LogP) is 4.72. The average molecular weight is 349 g/mol. The number of nitrogens with zero attached hydrogens (tertiary/aromatic N) is 1. The summed E-state index contributed by atoms with van der Waals surface area (Å²) in [5.74, 6) is 2.66. The number of benzene rings is 2. The van der Waals surface area contributed by atoms with Gasteiger partial charge in [-0.2, -0.15) is 0 Å². The molecule has 0 atom stereocenters. The molecule has 0 amide bonds. The number of aromatic hydroxyl groups is 1. The first-order valence-electron chi connectivity index (χ1n) is 9.25. The minimum Gasteiger partial charge on any atom is -0.508 e. The van der Waals surface area contributed by atoms with Gasteiger partial charge in [0.2, 0.25) is 5.89 Å². The number of hydrogen-bond acceptors (Lipinski definition) is 4. The summed E-state index contributed by atoms with van der Waals surface area (Å²) in [4.78, 5) is 4.64. The van der Waals surface area contributed by atoms with Crippen LogP contribution in [0.2, 0.25) is 0 Å². The Bertz CT molecular complexity index is 896. The number of aromatic nitrogens is 1. The van der Waals surface area contributed by atoms with Crippen LogP contribution < -0.4 is 4.74 Å². The van der Waals surface area contributed by atoms with Crippen LogP contribution in [0.1, 0.15) is 35.9 Å². The summed E-state index contributed by atoms with van der Waals surface area (Å²) in [7, 11) is 0. The highest BCUT2D eigenvalue weighted by Gasteiger charge is 2.14. The molecule has 4 nitrogen and oxygen atoms in total. The Morgan fingerprint density at radius 1 is 1.08 bits per heavy atom. The van der Waals surface area contributed by atoms with Crippen LogP contribution in [0, 0.1) is 0 Å². The lowest BCUT2D eigenvalue weighted by Gasteiger charge is -2.07. The molecule has 0 saturated heterocycles. The van der Waals surface area contributed by atoms with Gasteiger partial charge in [0.1, 0.15) is 17.3 Å². The molecule has 4 rings (SSSR count). The largest absolute Gasteiger partial charge is 0.508 e. The Kier molecular flexibility index (Phi) is 4.65. The van der Waals surface area contributed by atoms with Crippen molar-refractivity contribution in [1.82, 2.24) is 4.98 Å². The van der Waals surface area contributed by atoms with E-state index in [0.717, 1.165) is 35.6 Å². The fraction of sp³-hybridized carbons (Fsp3) is 0.318. The van der Waals surface area contributed by atoms with E-state index in [1.54, 1.807) is 12.1 Å². The van der Waals surface area contributed by atoms with Crippen molar-refractivity contribution >= 4 is 0 Å². The molecule has 0 bridgehead atoms. The zero-order chi connectivity index (χ0) is 17.9. The van der Waals surface area contributed by atoms with E-state index in [4.69, 9.17) is 9.15 Å². The summed E-state index contributed by atoms with van der Waals surface area (Å²) in [6.07, 6.45) is 5.10. The standard InChI is InChI=1S/C22H23NO3/c1-2-21-20(23-22(26-21)16-6-9-18(24)10-7-16)12-13-25-19-11-8-15-4-3-5-17(15)14-19/h6-11,14,24H,2-5,12-13H2,1H3. The Morgan fingerprint density at radius 2 is 1.88 bits per heavy atom. The SMILES string of the molecule is CCc1oc(-c2ccc(O)cc2)nc1CCOc1ccc2c(c1)CCC2. The van der Waals surface area contributed by atoms with Crippen LogP contribution in [0.15, 0.2) is 46.9 Å². The third-order valence-electron chi connectivity index (χ3n) is 4.89. The van der Waals surface area contributed by atoms with Gasteiger partial charge in [-0.15, -0.1) is 0 Å². The maximum absolute atomic E-state index is 9.42. The highest BCUT2D eigenvalue weighted by Crippen LogP contribution is 2.27. The number of oxazole rings is 1. The van der Waals surface area contributed by atoms with E-state index < -0.39 is 0 Å². The molecule has 0 spiro atoms. The molecule has 134 valence electrons. The first kappa shape index (κ1) is 16.7. The van der Waals surface area contributed by atoms with Crippen molar-refractivity contribution in [3.05, 3.63) is 65.0 Å². The van der Waals surface area contributed by atoms with Crippen molar-refractivity contribution in [2.45, 2.75) is 39.0 Å². The molecule has 1 aliphatic rings. The average Bonchev–Trinajstić information content (AvgIpc) is 3.28. The number of phenols is 1. The zero-order valence-corrected chi connectivity index (χ0v) is 15.0. The minimum atomic E-state index is 0.235. The lowest BCUT2D eigenvalue weighted by molar-refractivity contribution is 0.319. The predicted molar refractivity (Wildman–Crippen MR) is 101 cm³/mol. The van der Waals surface area contributed by atoms with Gasteiger partial charge in [-0.25, -0.2) is 4.98 Å². The molecule has 0 saturated carbocycles. The maximum atomic E-state index is 9.42. The number of fused-ring (bicyclic) bond motifs is 1. The molecule has 26 heavy (non-hydrogen) atoms. The van der Waals surface area contributed by atoms with Crippen molar-refractivity contribution in [2.24, 2.45) is 0 Å². The molecule has 0 unspecified atom stereocenters. The molecule has 4 heteroatoms. The molecule has 0 aliphatic heterocycles. The van der Waals surface area contributed by atoms with Crippen LogP contribution in [0.5, 0.6) is 11.5 Å². The Balaban J connectivity index is 1.43. The highest BCUT2D eigenvalue weighted by molar-refractivity contribution is 5.55. The highest BCUT2D eigenvalue weighted by atomic mass is 16.5. The van der Waals surface area contributed by atoms with E-state index >= 15 is 0 Å². The van der Waals surface area contributed by atoms with Gasteiger partial charge in [-0.05, 0) is 66.8 Å². The number of hydrogen-bond donors (Lipinski definition) is 1. The van der Waals surface area contributed by atoms with Crippen molar-refractivity contribution in [2.75, 3.05) is 6.61 Å². The molecule has 3 aromatic rings. The normalized spacial score (nSPS) is 13.0. The molecular weight excluding hydrogens is 326 g/mol. The second kappa shape index (κ2) is 7.24. The summed E-state index contributed by atoms with van der Waals surface area (Å²) >= 11 is 0. The molecule has 1 aromatic heterocycles. The Morgan fingerprint density at radius 3 is 2.69 bits per heavy atom. The summed E-state index contributed by atoms with van der Waals surface area (Å²) in [6.45, 7) is 2.64. The van der Waals surface area contributed by atoms with Crippen LogP contribution >= 0.6 is 0 Å². The molecular formula is C22H23NO3. The van der Waals surface area contributed by atoms with Crippen LogP contribution in [0.3, 0.4) is 0 Å². The Labute approximate surface area is 153 Å². The van der Waals surface area contributed by atoms with Crippen molar-refractivity contribution in [1.29, 1.82) is 0 Å². The zero-order valence-electron chi connectivity index (χ0n) is 15.0. The smallest absolute Gasteiger partial charge is 0.226 e. The molecule has 0 radical (unpaired) electrons. The molecule has 1 N–H and O–H groups in total. The second-order valence-corrected chi connectivity index (χ2v) is 6.67. The molecule has 1 heterocycles. The quantitative estimate of drug-likeness (QED) is 0.699. The van der Waals surface area contributed by atoms with Gasteiger partial charge in [0.15, 0.2) is 0 Å². The van der Waals surface area contributed by atoms with Gasteiger partial charge in [0, 0.05) is 18.4 Å². The summed E-state index contributed by atoms with van der Waals surface area (Å²) in [5.41, 5.74) is 4.69. The van der Waals surface area contributed by atoms with E-state index in [0.29, 0.717) is 18.9 Å². The third kappa shape index (κ3) is 3.45. The first-order valence-corrected chi connectivity index (χ1v) is 9.25.